The Balaban J connectivity index is 4.98. The van der Waals surface area contributed by atoms with E-state index in [1.165, 1.54) is 6.92 Å². The number of carbonyl (C=O) groups is 4. The Kier molecular flexibility index (Phi) is 12.0. The van der Waals surface area contributed by atoms with E-state index >= 15 is 0 Å². The van der Waals surface area contributed by atoms with Gasteiger partial charge < -0.3 is 43.4 Å². The first-order valence-corrected chi connectivity index (χ1v) is 9.46. The fourth-order valence-corrected chi connectivity index (χ4v) is 2.37. The monoisotopic (exact) mass is 431 g/mol. The highest BCUT2D eigenvalue weighted by Gasteiger charge is 2.32. The molecule has 0 heterocycles. The minimum Gasteiger partial charge on any atom is -0.480 e. The van der Waals surface area contributed by atoms with Crippen molar-refractivity contribution in [1.82, 2.24) is 16.0 Å². The van der Waals surface area contributed by atoms with Crippen molar-refractivity contribution >= 4 is 29.7 Å². The number of guanidine groups is 1. The van der Waals surface area contributed by atoms with Gasteiger partial charge in [0.15, 0.2) is 5.96 Å². The molecule has 3 amide bonds. The Hall–Kier alpha value is -2.93. The molecule has 0 rings (SSSR count). The number of carboxylic acid groups (broad SMARTS) is 1. The third-order valence-electron chi connectivity index (χ3n) is 4.03. The molecular weight excluding hydrogens is 398 g/mol. The zero-order valence-electron chi connectivity index (χ0n) is 17.4. The summed E-state index contributed by atoms with van der Waals surface area (Å²) in [6, 6.07) is -3.40. The lowest BCUT2D eigenvalue weighted by molar-refractivity contribution is -0.139. The highest BCUT2D eigenvalue weighted by Crippen LogP contribution is 2.05. The Morgan fingerprint density at radius 3 is 2.00 bits per heavy atom. The molecule has 11 N–H and O–H groups in total. The molecule has 172 valence electrons. The summed E-state index contributed by atoms with van der Waals surface area (Å²) < 4.78 is 0. The lowest BCUT2D eigenvalue weighted by Crippen LogP contribution is -2.60. The van der Waals surface area contributed by atoms with E-state index in [4.69, 9.17) is 22.3 Å². The largest absolute Gasteiger partial charge is 0.480 e. The third-order valence-corrected chi connectivity index (χ3v) is 4.03. The molecule has 4 atom stereocenters. The molecule has 0 saturated heterocycles. The van der Waals surface area contributed by atoms with E-state index in [9.17, 15) is 24.3 Å². The number of amides is 3. The molecule has 0 fully saturated rings. The molecule has 0 aromatic rings. The standard InChI is InChI=1S/C17H33N7O6/c1-8(2)12(15(29)22-7-11(26)27)23-16(30)13(9(3)25)24-14(28)10(18)5-4-6-21-17(19)20/h8-10,12-13,25H,4-7,18H2,1-3H3,(H,22,29)(H,23,30)(H,24,28)(H,26,27)(H4,19,20,21). The quantitative estimate of drug-likeness (QED) is 0.0821. The predicted octanol–water partition coefficient (Wildman–Crippen LogP) is -3.43. The van der Waals surface area contributed by atoms with Gasteiger partial charge in [-0.15, -0.1) is 0 Å². The third kappa shape index (κ3) is 10.6. The highest BCUT2D eigenvalue weighted by molar-refractivity contribution is 5.94. The summed E-state index contributed by atoms with van der Waals surface area (Å²) in [6.07, 6.45) is -0.613. The van der Waals surface area contributed by atoms with Crippen molar-refractivity contribution in [2.75, 3.05) is 13.1 Å². The second-order valence-electron chi connectivity index (χ2n) is 7.12. The maximum Gasteiger partial charge on any atom is 0.322 e. The van der Waals surface area contributed by atoms with Gasteiger partial charge in [-0.1, -0.05) is 13.8 Å². The van der Waals surface area contributed by atoms with Gasteiger partial charge in [0.2, 0.25) is 17.7 Å². The summed E-state index contributed by atoms with van der Waals surface area (Å²) in [7, 11) is 0. The van der Waals surface area contributed by atoms with Crippen LogP contribution in [-0.2, 0) is 19.2 Å². The first-order valence-electron chi connectivity index (χ1n) is 9.46. The van der Waals surface area contributed by atoms with Crippen LogP contribution in [0.4, 0.5) is 0 Å². The smallest absolute Gasteiger partial charge is 0.322 e. The number of carbonyl (C=O) groups excluding carboxylic acids is 3. The topological polar surface area (TPSA) is 235 Å². The average Bonchev–Trinajstić information content (AvgIpc) is 2.64. The number of nitrogens with zero attached hydrogens (tertiary/aromatic N) is 1. The van der Waals surface area contributed by atoms with Crippen LogP contribution in [-0.4, -0.2) is 77.2 Å². The molecule has 4 unspecified atom stereocenters. The normalized spacial score (nSPS) is 14.7. The van der Waals surface area contributed by atoms with Gasteiger partial charge in [0.25, 0.3) is 0 Å². The van der Waals surface area contributed by atoms with Gasteiger partial charge in [0, 0.05) is 6.54 Å². The fourth-order valence-electron chi connectivity index (χ4n) is 2.37. The predicted molar refractivity (Wildman–Crippen MR) is 109 cm³/mol. The molecule has 30 heavy (non-hydrogen) atoms. The number of hydrogen-bond acceptors (Lipinski definition) is 7. The number of nitrogens with two attached hydrogens (primary N) is 3. The molecule has 0 bridgehead atoms. The number of nitrogens with one attached hydrogen (secondary N) is 3. The molecule has 0 aliphatic heterocycles. The Bertz CT molecular complexity index is 634. The van der Waals surface area contributed by atoms with Crippen LogP contribution < -0.4 is 33.2 Å². The fraction of sp³-hybridized carbons (Fsp3) is 0.706. The summed E-state index contributed by atoms with van der Waals surface area (Å²) in [5.74, 6) is -3.88. The lowest BCUT2D eigenvalue weighted by Gasteiger charge is -2.27. The maximum absolute atomic E-state index is 12.6. The van der Waals surface area contributed by atoms with Crippen molar-refractivity contribution in [1.29, 1.82) is 0 Å². The molecule has 13 nitrogen and oxygen atoms in total. The van der Waals surface area contributed by atoms with Crippen molar-refractivity contribution < 1.29 is 29.4 Å². The zero-order valence-corrected chi connectivity index (χ0v) is 17.4. The van der Waals surface area contributed by atoms with Gasteiger partial charge in [0.1, 0.15) is 18.6 Å². The Labute approximate surface area is 174 Å². The van der Waals surface area contributed by atoms with Crippen LogP contribution in [0.25, 0.3) is 0 Å². The summed E-state index contributed by atoms with van der Waals surface area (Å²) in [5.41, 5.74) is 16.2. The molecule has 0 aromatic heterocycles. The molecule has 0 aliphatic rings. The van der Waals surface area contributed by atoms with Crippen molar-refractivity contribution in [3.8, 4) is 0 Å². The second kappa shape index (κ2) is 13.3. The summed E-state index contributed by atoms with van der Waals surface area (Å²) in [4.78, 5) is 51.4. The Morgan fingerprint density at radius 1 is 0.967 bits per heavy atom. The summed E-state index contributed by atoms with van der Waals surface area (Å²) in [6.45, 7) is 4.26. The zero-order chi connectivity index (χ0) is 23.4. The van der Waals surface area contributed by atoms with E-state index in [2.05, 4.69) is 20.9 Å². The number of rotatable bonds is 13. The van der Waals surface area contributed by atoms with Gasteiger partial charge in [-0.25, -0.2) is 0 Å². The van der Waals surface area contributed by atoms with Gasteiger partial charge in [-0.3, -0.25) is 24.2 Å². The van der Waals surface area contributed by atoms with Crippen LogP contribution >= 0.6 is 0 Å². The van der Waals surface area contributed by atoms with E-state index in [0.717, 1.165) is 0 Å². The van der Waals surface area contributed by atoms with Crippen molar-refractivity contribution in [2.45, 2.75) is 57.8 Å². The van der Waals surface area contributed by atoms with Crippen LogP contribution in [0.2, 0.25) is 0 Å². The van der Waals surface area contributed by atoms with E-state index in [1.54, 1.807) is 13.8 Å². The number of aliphatic hydroxyl groups excluding tert-OH is 1. The molecule has 0 aromatic carbocycles. The van der Waals surface area contributed by atoms with Gasteiger partial charge in [-0.05, 0) is 25.7 Å². The number of carboxylic acids is 1. The Morgan fingerprint density at radius 2 is 1.53 bits per heavy atom. The minimum absolute atomic E-state index is 0.0778. The number of hydrogen-bond donors (Lipinski definition) is 8. The van der Waals surface area contributed by atoms with E-state index < -0.39 is 54.5 Å². The second-order valence-corrected chi connectivity index (χ2v) is 7.12. The number of aliphatic hydroxyl groups is 1. The van der Waals surface area contributed by atoms with Gasteiger partial charge in [-0.2, -0.15) is 0 Å². The van der Waals surface area contributed by atoms with E-state index in [1.807, 2.05) is 0 Å². The SMILES string of the molecule is CC(C)C(NC(=O)C(NC(=O)C(N)CCCN=C(N)N)C(C)O)C(=O)NCC(=O)O. The molecule has 0 spiro atoms. The van der Waals surface area contributed by atoms with Crippen LogP contribution in [0.5, 0.6) is 0 Å². The van der Waals surface area contributed by atoms with Crippen molar-refractivity contribution in [3.63, 3.8) is 0 Å². The van der Waals surface area contributed by atoms with Crippen LogP contribution in [0.3, 0.4) is 0 Å². The van der Waals surface area contributed by atoms with Gasteiger partial charge in [0.05, 0.1) is 12.1 Å². The van der Waals surface area contributed by atoms with Gasteiger partial charge >= 0.3 is 5.97 Å². The summed E-state index contributed by atoms with van der Waals surface area (Å²) in [5, 5.41) is 25.6. The van der Waals surface area contributed by atoms with Crippen LogP contribution in [0.1, 0.15) is 33.6 Å². The maximum atomic E-state index is 12.6. The van der Waals surface area contributed by atoms with Crippen LogP contribution in [0, 0.1) is 5.92 Å². The minimum atomic E-state index is -1.37. The number of aliphatic carboxylic acids is 1. The van der Waals surface area contributed by atoms with Crippen LogP contribution in [0.15, 0.2) is 4.99 Å². The number of aliphatic imine (C=N–C) groups is 1. The van der Waals surface area contributed by atoms with E-state index in [0.29, 0.717) is 6.42 Å². The first kappa shape index (κ1) is 27.1. The first-order chi connectivity index (χ1) is 13.9. The van der Waals surface area contributed by atoms with Crippen molar-refractivity contribution in [3.05, 3.63) is 0 Å². The molecule has 0 aliphatic carbocycles. The molecule has 0 saturated carbocycles. The lowest BCUT2D eigenvalue weighted by atomic mass is 10.0. The average molecular weight is 431 g/mol. The molecular formula is C17H33N7O6. The van der Waals surface area contributed by atoms with E-state index in [-0.39, 0.29) is 24.8 Å². The summed E-state index contributed by atoms with van der Waals surface area (Å²) >= 11 is 0. The van der Waals surface area contributed by atoms with Crippen molar-refractivity contribution in [2.24, 2.45) is 28.1 Å². The highest BCUT2D eigenvalue weighted by atomic mass is 16.4. The molecule has 13 heteroatoms. The molecule has 0 radical (unpaired) electrons.